The van der Waals surface area contributed by atoms with Crippen LogP contribution in [-0.2, 0) is 0 Å². The highest BCUT2D eigenvalue weighted by Crippen LogP contribution is 2.32. The predicted octanol–water partition coefficient (Wildman–Crippen LogP) is 2.77. The highest BCUT2D eigenvalue weighted by Gasteiger charge is 2.25. The molecule has 0 aliphatic carbocycles. The summed E-state index contributed by atoms with van der Waals surface area (Å²) in [7, 11) is 0. The van der Waals surface area contributed by atoms with Crippen molar-refractivity contribution >= 4 is 5.69 Å². The summed E-state index contributed by atoms with van der Waals surface area (Å²) in [5.41, 5.74) is 2.71. The summed E-state index contributed by atoms with van der Waals surface area (Å²) in [5.74, 6) is 0.538. The van der Waals surface area contributed by atoms with Gasteiger partial charge in [-0.3, -0.25) is 0 Å². The van der Waals surface area contributed by atoms with E-state index in [0.717, 1.165) is 13.0 Å². The first-order valence-electron chi connectivity index (χ1n) is 6.20. The number of aliphatic hydroxyl groups is 1. The minimum absolute atomic E-state index is 0.270. The van der Waals surface area contributed by atoms with E-state index in [4.69, 9.17) is 0 Å². The third-order valence-electron chi connectivity index (χ3n) is 3.46. The summed E-state index contributed by atoms with van der Waals surface area (Å²) in [6.07, 6.45) is 2.31. The Morgan fingerprint density at radius 2 is 2.12 bits per heavy atom. The number of aliphatic hydroxyl groups excluding tert-OH is 1. The molecule has 1 atom stereocenters. The molecule has 0 aromatic heterocycles. The van der Waals surface area contributed by atoms with Crippen molar-refractivity contribution in [1.82, 2.24) is 0 Å². The number of anilines is 1. The maximum absolute atomic E-state index is 9.39. The van der Waals surface area contributed by atoms with Crippen LogP contribution in [0.3, 0.4) is 0 Å². The van der Waals surface area contributed by atoms with E-state index in [1.165, 1.54) is 17.7 Å². The number of para-hydroxylation sites is 1. The summed E-state index contributed by atoms with van der Waals surface area (Å²) in [5, 5.41) is 9.39. The quantitative estimate of drug-likeness (QED) is 0.845. The lowest BCUT2D eigenvalue weighted by Crippen LogP contribution is -2.32. The molecule has 1 aliphatic heterocycles. The van der Waals surface area contributed by atoms with Gasteiger partial charge in [0.15, 0.2) is 0 Å². The van der Waals surface area contributed by atoms with Gasteiger partial charge in [0, 0.05) is 12.2 Å². The molecule has 1 heterocycles. The molecular weight excluding hydrogens is 198 g/mol. The molecule has 2 rings (SSSR count). The second kappa shape index (κ2) is 4.88. The van der Waals surface area contributed by atoms with Crippen LogP contribution in [0.2, 0.25) is 0 Å². The molecule has 0 spiro atoms. The van der Waals surface area contributed by atoms with Crippen LogP contribution in [0.4, 0.5) is 5.69 Å². The maximum Gasteiger partial charge on any atom is 0.0635 e. The number of hydrogen-bond donors (Lipinski definition) is 1. The average molecular weight is 219 g/mol. The van der Waals surface area contributed by atoms with Gasteiger partial charge in [0.2, 0.25) is 0 Å². The van der Waals surface area contributed by atoms with E-state index in [0.29, 0.717) is 12.0 Å². The Morgan fingerprint density at radius 3 is 2.81 bits per heavy atom. The van der Waals surface area contributed by atoms with Gasteiger partial charge in [-0.05, 0) is 30.4 Å². The minimum atomic E-state index is 0.270. The Bertz CT molecular complexity index is 348. The van der Waals surface area contributed by atoms with Crippen molar-refractivity contribution in [2.24, 2.45) is 0 Å². The fraction of sp³-hybridized carbons (Fsp3) is 0.571. The highest BCUT2D eigenvalue weighted by atomic mass is 16.3. The highest BCUT2D eigenvalue weighted by molar-refractivity contribution is 5.56. The van der Waals surface area contributed by atoms with Gasteiger partial charge in [0.1, 0.15) is 0 Å². The zero-order valence-electron chi connectivity index (χ0n) is 10.2. The molecule has 1 aromatic rings. The average Bonchev–Trinajstić information content (AvgIpc) is 2.76. The third kappa shape index (κ3) is 2.07. The molecular formula is C14H21NO. The topological polar surface area (TPSA) is 23.5 Å². The molecule has 1 N–H and O–H groups in total. The molecule has 2 heteroatoms. The van der Waals surface area contributed by atoms with Crippen LogP contribution >= 0.6 is 0 Å². The van der Waals surface area contributed by atoms with Gasteiger partial charge in [-0.2, -0.15) is 0 Å². The summed E-state index contributed by atoms with van der Waals surface area (Å²) in [6, 6.07) is 8.90. The summed E-state index contributed by atoms with van der Waals surface area (Å²) in [6.45, 7) is 5.80. The molecule has 1 aliphatic rings. The monoisotopic (exact) mass is 219 g/mol. The largest absolute Gasteiger partial charge is 0.394 e. The van der Waals surface area contributed by atoms with Gasteiger partial charge in [-0.1, -0.05) is 32.0 Å². The van der Waals surface area contributed by atoms with Gasteiger partial charge >= 0.3 is 0 Å². The molecule has 1 fully saturated rings. The Hall–Kier alpha value is -1.02. The minimum Gasteiger partial charge on any atom is -0.394 e. The normalized spacial score (nSPS) is 20.8. The standard InChI is InChI=1S/C14H21NO/c1-11(2)13-7-3-4-8-14(13)15-9-5-6-12(15)10-16/h3-4,7-8,11-12,16H,5-6,9-10H2,1-2H3/t12-/m0/s1. The van der Waals surface area contributed by atoms with E-state index in [1.807, 2.05) is 0 Å². The fourth-order valence-corrected chi connectivity index (χ4v) is 2.58. The zero-order chi connectivity index (χ0) is 11.5. The van der Waals surface area contributed by atoms with E-state index in [-0.39, 0.29) is 6.61 Å². The van der Waals surface area contributed by atoms with E-state index in [9.17, 15) is 5.11 Å². The van der Waals surface area contributed by atoms with Crippen LogP contribution in [0.25, 0.3) is 0 Å². The van der Waals surface area contributed by atoms with Crippen molar-refractivity contribution in [2.45, 2.75) is 38.6 Å². The lowest BCUT2D eigenvalue weighted by molar-refractivity contribution is 0.266. The zero-order valence-corrected chi connectivity index (χ0v) is 10.2. The first kappa shape index (κ1) is 11.5. The SMILES string of the molecule is CC(C)c1ccccc1N1CCC[C@H]1CO. The Morgan fingerprint density at radius 1 is 1.38 bits per heavy atom. The Balaban J connectivity index is 2.32. The first-order valence-corrected chi connectivity index (χ1v) is 6.20. The first-order chi connectivity index (χ1) is 7.74. The molecule has 1 saturated heterocycles. The number of hydrogen-bond acceptors (Lipinski definition) is 2. The Kier molecular flexibility index (Phi) is 3.49. The van der Waals surface area contributed by atoms with E-state index in [2.05, 4.69) is 43.0 Å². The lowest BCUT2D eigenvalue weighted by atomic mass is 10.00. The summed E-state index contributed by atoms with van der Waals surface area (Å²) in [4.78, 5) is 2.37. The molecule has 1 aromatic carbocycles. The van der Waals surface area contributed by atoms with Crippen LogP contribution in [0.5, 0.6) is 0 Å². The van der Waals surface area contributed by atoms with Crippen molar-refractivity contribution in [3.8, 4) is 0 Å². The van der Waals surface area contributed by atoms with Crippen molar-refractivity contribution < 1.29 is 5.11 Å². The number of benzene rings is 1. The maximum atomic E-state index is 9.39. The van der Waals surface area contributed by atoms with E-state index >= 15 is 0 Å². The molecule has 0 saturated carbocycles. The third-order valence-corrected chi connectivity index (χ3v) is 3.46. The molecule has 88 valence electrons. The van der Waals surface area contributed by atoms with Crippen LogP contribution in [-0.4, -0.2) is 24.3 Å². The molecule has 0 bridgehead atoms. The van der Waals surface area contributed by atoms with Gasteiger partial charge < -0.3 is 10.0 Å². The molecule has 2 nitrogen and oxygen atoms in total. The van der Waals surface area contributed by atoms with Crippen LogP contribution < -0.4 is 4.90 Å². The summed E-state index contributed by atoms with van der Waals surface area (Å²) >= 11 is 0. The van der Waals surface area contributed by atoms with Gasteiger partial charge in [-0.15, -0.1) is 0 Å². The van der Waals surface area contributed by atoms with Gasteiger partial charge in [0.05, 0.1) is 12.6 Å². The lowest BCUT2D eigenvalue weighted by Gasteiger charge is -2.28. The van der Waals surface area contributed by atoms with E-state index in [1.54, 1.807) is 0 Å². The second-order valence-corrected chi connectivity index (χ2v) is 4.89. The van der Waals surface area contributed by atoms with Crippen molar-refractivity contribution in [3.05, 3.63) is 29.8 Å². The van der Waals surface area contributed by atoms with E-state index < -0.39 is 0 Å². The number of nitrogens with zero attached hydrogens (tertiary/aromatic N) is 1. The number of rotatable bonds is 3. The second-order valence-electron chi connectivity index (χ2n) is 4.89. The van der Waals surface area contributed by atoms with Crippen molar-refractivity contribution in [1.29, 1.82) is 0 Å². The van der Waals surface area contributed by atoms with Gasteiger partial charge in [-0.25, -0.2) is 0 Å². The Labute approximate surface area is 97.9 Å². The summed E-state index contributed by atoms with van der Waals surface area (Å²) < 4.78 is 0. The van der Waals surface area contributed by atoms with Crippen LogP contribution in [0.1, 0.15) is 38.2 Å². The molecule has 16 heavy (non-hydrogen) atoms. The molecule has 0 unspecified atom stereocenters. The van der Waals surface area contributed by atoms with Crippen molar-refractivity contribution in [3.63, 3.8) is 0 Å². The van der Waals surface area contributed by atoms with Crippen LogP contribution in [0.15, 0.2) is 24.3 Å². The predicted molar refractivity (Wildman–Crippen MR) is 68.0 cm³/mol. The van der Waals surface area contributed by atoms with Crippen molar-refractivity contribution in [2.75, 3.05) is 18.1 Å². The van der Waals surface area contributed by atoms with Crippen LogP contribution in [0, 0.1) is 0 Å². The fourth-order valence-electron chi connectivity index (χ4n) is 2.58. The molecule has 0 amide bonds. The van der Waals surface area contributed by atoms with Gasteiger partial charge in [0.25, 0.3) is 0 Å². The molecule has 0 radical (unpaired) electrons. The smallest absolute Gasteiger partial charge is 0.0635 e.